The summed E-state index contributed by atoms with van der Waals surface area (Å²) in [7, 11) is 0. The second-order valence-electron chi connectivity index (χ2n) is 16.0. The Hall–Kier alpha value is -2.31. The highest BCUT2D eigenvalue weighted by Crippen LogP contribution is 2.44. The van der Waals surface area contributed by atoms with E-state index in [9.17, 15) is 0 Å². The predicted octanol–water partition coefficient (Wildman–Crippen LogP) is 16.1. The molecule has 0 saturated carbocycles. The molecule has 1 nitrogen and oxygen atoms in total. The SMILES string of the molecule is CCCCCCc1cc(-c2sc(-c3cnc(-c4cc(CCCCCC)c(-c5cc(CCCCCC)c(C)s5)s4)c4c3=CCC=4)cc2CCCCCC)sc1C. The van der Waals surface area contributed by atoms with E-state index in [0.29, 0.717) is 0 Å². The first-order valence-electron chi connectivity index (χ1n) is 22.1. The average Bonchev–Trinajstić information content (AvgIpc) is 4.03. The highest BCUT2D eigenvalue weighted by molar-refractivity contribution is 7.24. The average molecular weight is 810 g/mol. The van der Waals surface area contributed by atoms with Crippen molar-refractivity contribution < 1.29 is 0 Å². The summed E-state index contributed by atoms with van der Waals surface area (Å²) in [5.74, 6) is 0. The molecule has 296 valence electrons. The van der Waals surface area contributed by atoms with Crippen LogP contribution in [-0.2, 0) is 25.7 Å². The van der Waals surface area contributed by atoms with Crippen LogP contribution in [0.25, 0.3) is 52.7 Å². The van der Waals surface area contributed by atoms with Crippen molar-refractivity contribution in [1.82, 2.24) is 4.98 Å². The lowest BCUT2D eigenvalue weighted by Gasteiger charge is -2.04. The molecule has 0 spiro atoms. The summed E-state index contributed by atoms with van der Waals surface area (Å²) in [6, 6.07) is 10.1. The number of hydrogen-bond acceptors (Lipinski definition) is 5. The molecule has 1 aliphatic rings. The van der Waals surface area contributed by atoms with Gasteiger partial charge in [0.25, 0.3) is 0 Å². The molecule has 0 N–H and O–H groups in total. The van der Waals surface area contributed by atoms with Crippen LogP contribution in [0.5, 0.6) is 0 Å². The maximum Gasteiger partial charge on any atom is 0.0877 e. The van der Waals surface area contributed by atoms with Gasteiger partial charge in [-0.05, 0) is 123 Å². The van der Waals surface area contributed by atoms with Gasteiger partial charge in [-0.25, -0.2) is 0 Å². The Labute approximate surface area is 350 Å². The second-order valence-corrected chi connectivity index (χ2v) is 20.7. The molecule has 0 atom stereocenters. The van der Waals surface area contributed by atoms with Crippen molar-refractivity contribution in [3.05, 3.63) is 72.9 Å². The zero-order chi connectivity index (χ0) is 38.6. The van der Waals surface area contributed by atoms with Crippen LogP contribution in [0.4, 0.5) is 0 Å². The molecular weight excluding hydrogens is 743 g/mol. The van der Waals surface area contributed by atoms with Crippen molar-refractivity contribution in [2.45, 2.75) is 176 Å². The number of hydrogen-bond donors (Lipinski definition) is 0. The third-order valence-corrected chi connectivity index (χ3v) is 16.5. The van der Waals surface area contributed by atoms with E-state index in [2.05, 4.69) is 84.2 Å². The van der Waals surface area contributed by atoms with Gasteiger partial charge < -0.3 is 0 Å². The number of aromatic nitrogens is 1. The molecule has 0 radical (unpaired) electrons. The molecule has 0 bridgehead atoms. The summed E-state index contributed by atoms with van der Waals surface area (Å²) in [6.45, 7) is 13.9. The summed E-state index contributed by atoms with van der Waals surface area (Å²) >= 11 is 8.06. The lowest BCUT2D eigenvalue weighted by Crippen LogP contribution is -2.27. The van der Waals surface area contributed by atoms with Gasteiger partial charge in [-0.2, -0.15) is 0 Å². The van der Waals surface area contributed by atoms with Crippen LogP contribution < -0.4 is 10.4 Å². The van der Waals surface area contributed by atoms with Crippen LogP contribution in [0.3, 0.4) is 0 Å². The zero-order valence-electron chi connectivity index (χ0n) is 35.0. The van der Waals surface area contributed by atoms with E-state index in [1.165, 1.54) is 188 Å². The van der Waals surface area contributed by atoms with Crippen LogP contribution in [0.2, 0.25) is 0 Å². The summed E-state index contributed by atoms with van der Waals surface area (Å²) in [5, 5.41) is 2.75. The molecule has 0 fully saturated rings. The second kappa shape index (κ2) is 21.4. The highest BCUT2D eigenvalue weighted by Gasteiger charge is 2.21. The van der Waals surface area contributed by atoms with Crippen LogP contribution in [0, 0.1) is 13.8 Å². The quantitative estimate of drug-likeness (QED) is 0.0566. The number of pyridine rings is 1. The van der Waals surface area contributed by atoms with Gasteiger partial charge >= 0.3 is 0 Å². The molecule has 0 unspecified atom stereocenters. The number of aryl methyl sites for hydroxylation is 6. The number of nitrogens with zero attached hydrogens (tertiary/aromatic N) is 1. The molecule has 5 heteroatoms. The van der Waals surface area contributed by atoms with Gasteiger partial charge in [0.15, 0.2) is 0 Å². The maximum atomic E-state index is 5.37. The molecule has 5 aromatic heterocycles. The third kappa shape index (κ3) is 10.8. The minimum atomic E-state index is 0.988. The molecule has 5 aromatic rings. The molecule has 0 amide bonds. The normalized spacial score (nSPS) is 12.4. The Bertz CT molecular complexity index is 1930. The maximum absolute atomic E-state index is 5.37. The van der Waals surface area contributed by atoms with Crippen molar-refractivity contribution in [3.8, 4) is 40.5 Å². The van der Waals surface area contributed by atoms with E-state index >= 15 is 0 Å². The van der Waals surface area contributed by atoms with Crippen LogP contribution in [-0.4, -0.2) is 4.98 Å². The van der Waals surface area contributed by atoms with Crippen molar-refractivity contribution in [1.29, 1.82) is 0 Å². The molecule has 0 saturated heterocycles. The van der Waals surface area contributed by atoms with Crippen molar-refractivity contribution in [2.75, 3.05) is 0 Å². The molecule has 1 aliphatic carbocycles. The summed E-state index contributed by atoms with van der Waals surface area (Å²) in [6.07, 6.45) is 33.8. The summed E-state index contributed by atoms with van der Waals surface area (Å²) in [4.78, 5) is 17.1. The molecule has 0 aliphatic heterocycles. The highest BCUT2D eigenvalue weighted by atomic mass is 32.1. The monoisotopic (exact) mass is 809 g/mol. The minimum Gasteiger partial charge on any atom is -0.254 e. The molecular formula is C50H67NS4. The van der Waals surface area contributed by atoms with Gasteiger partial charge in [0.05, 0.1) is 10.6 Å². The predicted molar refractivity (Wildman–Crippen MR) is 251 cm³/mol. The van der Waals surface area contributed by atoms with Crippen LogP contribution >= 0.6 is 45.3 Å². The van der Waals surface area contributed by atoms with Gasteiger partial charge in [0.2, 0.25) is 0 Å². The summed E-state index contributed by atoms with van der Waals surface area (Å²) < 4.78 is 0. The van der Waals surface area contributed by atoms with Gasteiger partial charge in [-0.1, -0.05) is 117 Å². The smallest absolute Gasteiger partial charge is 0.0877 e. The van der Waals surface area contributed by atoms with E-state index in [-0.39, 0.29) is 0 Å². The zero-order valence-corrected chi connectivity index (χ0v) is 38.2. The summed E-state index contributed by atoms with van der Waals surface area (Å²) in [5.41, 5.74) is 8.72. The van der Waals surface area contributed by atoms with E-state index in [1.807, 2.05) is 45.3 Å². The molecule has 0 aromatic carbocycles. The number of unbranched alkanes of at least 4 members (excludes halogenated alkanes) is 12. The first-order chi connectivity index (χ1) is 26.9. The van der Waals surface area contributed by atoms with Crippen molar-refractivity contribution in [3.63, 3.8) is 0 Å². The lowest BCUT2D eigenvalue weighted by molar-refractivity contribution is 0.666. The van der Waals surface area contributed by atoms with Gasteiger partial charge in [0.1, 0.15) is 0 Å². The van der Waals surface area contributed by atoms with Gasteiger partial charge in [-0.3, -0.25) is 4.98 Å². The molecule has 55 heavy (non-hydrogen) atoms. The third-order valence-electron chi connectivity index (χ3n) is 11.6. The van der Waals surface area contributed by atoms with Crippen LogP contribution in [0.1, 0.15) is 169 Å². The molecule has 6 rings (SSSR count). The Morgan fingerprint density at radius 2 is 0.873 bits per heavy atom. The van der Waals surface area contributed by atoms with Crippen molar-refractivity contribution >= 4 is 57.5 Å². The number of thiophene rings is 4. The largest absolute Gasteiger partial charge is 0.254 e. The Kier molecular flexibility index (Phi) is 16.5. The first-order valence-corrected chi connectivity index (χ1v) is 25.4. The van der Waals surface area contributed by atoms with Gasteiger partial charge in [0, 0.05) is 51.1 Å². The number of fused-ring (bicyclic) bond motifs is 1. The fourth-order valence-electron chi connectivity index (χ4n) is 8.28. The lowest BCUT2D eigenvalue weighted by atomic mass is 10.0. The Balaban J connectivity index is 1.33. The fraction of sp³-hybridized carbons (Fsp3) is 0.540. The molecule has 5 heterocycles. The van der Waals surface area contributed by atoms with E-state index in [4.69, 9.17) is 4.98 Å². The van der Waals surface area contributed by atoms with E-state index in [0.717, 1.165) is 12.8 Å². The number of rotatable bonds is 24. The first kappa shape index (κ1) is 42.3. The van der Waals surface area contributed by atoms with Crippen molar-refractivity contribution in [2.24, 2.45) is 0 Å². The van der Waals surface area contributed by atoms with Crippen LogP contribution in [0.15, 0.2) is 30.5 Å². The van der Waals surface area contributed by atoms with E-state index < -0.39 is 0 Å². The Morgan fingerprint density at radius 1 is 0.455 bits per heavy atom. The Morgan fingerprint density at radius 3 is 1.36 bits per heavy atom. The topological polar surface area (TPSA) is 12.9 Å². The van der Waals surface area contributed by atoms with E-state index in [1.54, 1.807) is 16.7 Å². The van der Waals surface area contributed by atoms with Gasteiger partial charge in [-0.15, -0.1) is 45.3 Å². The standard InChI is InChI=1S/C50H67NS4/c1-7-11-15-19-24-37-30-46(52-35(37)5)49-39(26-21-17-13-9-3)32-44(54-49)43-34-51-48(42-29-23-28-41(42)43)45-33-40(27-22-18-14-10-4)50(55-45)47-31-38(36(6)53-47)25-20-16-12-8-2/h28-34H,7-27H2,1-6H3. The fourth-order valence-corrected chi connectivity index (χ4v) is 13.2. The minimum absolute atomic E-state index is 0.988.